The maximum Gasteiger partial charge on any atom is 0.327 e. The number of carbonyl (C=O) groups is 2. The van der Waals surface area contributed by atoms with Crippen LogP contribution in [0.5, 0.6) is 0 Å². The first-order valence-electron chi connectivity index (χ1n) is 5.27. The van der Waals surface area contributed by atoms with Gasteiger partial charge in [0.2, 0.25) is 5.91 Å². The molecule has 0 heterocycles. The van der Waals surface area contributed by atoms with E-state index in [0.29, 0.717) is 14.9 Å². The Bertz CT molecular complexity index is 542. The highest BCUT2D eigenvalue weighted by Gasteiger charge is 2.19. The highest BCUT2D eigenvalue weighted by molar-refractivity contribution is 9.10. The van der Waals surface area contributed by atoms with E-state index < -0.39 is 17.9 Å². The highest BCUT2D eigenvalue weighted by atomic mass is 79.9. The standard InChI is InChI=1S/C12H11BrN2O3S/c1-7(16)15-10(12(17)18)6-19-11-4-2-3-9(13)8(11)5-14/h2-4,10H,6H2,1H3,(H,15,16)(H,17,18)/t10-/m0/s1. The van der Waals surface area contributed by atoms with Crippen molar-refractivity contribution < 1.29 is 14.7 Å². The third-order valence-corrected chi connectivity index (χ3v) is 3.98. The van der Waals surface area contributed by atoms with Gasteiger partial charge >= 0.3 is 5.97 Å². The average Bonchev–Trinajstić information content (AvgIpc) is 2.33. The Hall–Kier alpha value is -1.52. The zero-order valence-electron chi connectivity index (χ0n) is 10.0. The number of thioether (sulfide) groups is 1. The number of carbonyl (C=O) groups excluding carboxylic acids is 1. The number of hydrogen-bond acceptors (Lipinski definition) is 4. The van der Waals surface area contributed by atoms with E-state index in [-0.39, 0.29) is 5.75 Å². The second-order valence-electron chi connectivity index (χ2n) is 3.63. The summed E-state index contributed by atoms with van der Waals surface area (Å²) in [6.07, 6.45) is 0. The average molecular weight is 343 g/mol. The van der Waals surface area contributed by atoms with E-state index in [1.165, 1.54) is 18.7 Å². The van der Waals surface area contributed by atoms with Gasteiger partial charge in [-0.25, -0.2) is 4.79 Å². The van der Waals surface area contributed by atoms with Crippen LogP contribution in [0.15, 0.2) is 27.6 Å². The third kappa shape index (κ3) is 4.58. The van der Waals surface area contributed by atoms with Gasteiger partial charge in [0.25, 0.3) is 0 Å². The van der Waals surface area contributed by atoms with E-state index >= 15 is 0 Å². The third-order valence-electron chi connectivity index (χ3n) is 2.17. The molecule has 0 radical (unpaired) electrons. The lowest BCUT2D eigenvalue weighted by Gasteiger charge is -2.13. The number of nitriles is 1. The second-order valence-corrected chi connectivity index (χ2v) is 5.54. The van der Waals surface area contributed by atoms with Crippen LogP contribution < -0.4 is 5.32 Å². The number of halogens is 1. The van der Waals surface area contributed by atoms with Crippen LogP contribution in [-0.2, 0) is 9.59 Å². The van der Waals surface area contributed by atoms with Crippen molar-refractivity contribution in [2.24, 2.45) is 0 Å². The predicted octanol–water partition coefficient (Wildman–Crippen LogP) is 2.00. The fraction of sp³-hybridized carbons (Fsp3) is 0.250. The lowest BCUT2D eigenvalue weighted by Crippen LogP contribution is -2.41. The van der Waals surface area contributed by atoms with Crippen LogP contribution in [0, 0.1) is 11.3 Å². The number of rotatable bonds is 5. The number of hydrogen-bond donors (Lipinski definition) is 2. The Balaban J connectivity index is 2.80. The monoisotopic (exact) mass is 342 g/mol. The molecule has 100 valence electrons. The molecule has 0 saturated heterocycles. The normalized spacial score (nSPS) is 11.4. The summed E-state index contributed by atoms with van der Waals surface area (Å²) in [7, 11) is 0. The van der Waals surface area contributed by atoms with Gasteiger partial charge < -0.3 is 10.4 Å². The highest BCUT2D eigenvalue weighted by Crippen LogP contribution is 2.28. The fourth-order valence-electron chi connectivity index (χ4n) is 1.33. The van der Waals surface area contributed by atoms with Gasteiger partial charge in [-0.1, -0.05) is 6.07 Å². The lowest BCUT2D eigenvalue weighted by molar-refractivity contribution is -0.140. The molecule has 0 unspecified atom stereocenters. The lowest BCUT2D eigenvalue weighted by atomic mass is 10.2. The summed E-state index contributed by atoms with van der Waals surface area (Å²) in [6.45, 7) is 1.26. The molecule has 0 aliphatic heterocycles. The minimum atomic E-state index is -1.10. The molecule has 0 bridgehead atoms. The van der Waals surface area contributed by atoms with Crippen molar-refractivity contribution in [2.45, 2.75) is 17.9 Å². The van der Waals surface area contributed by atoms with Crippen molar-refractivity contribution in [1.82, 2.24) is 5.32 Å². The summed E-state index contributed by atoms with van der Waals surface area (Å²) >= 11 is 4.48. The number of carboxylic acids is 1. The van der Waals surface area contributed by atoms with Crippen molar-refractivity contribution in [3.63, 3.8) is 0 Å². The first-order valence-corrected chi connectivity index (χ1v) is 7.05. The fourth-order valence-corrected chi connectivity index (χ4v) is 2.96. The number of nitrogens with zero attached hydrogens (tertiary/aromatic N) is 1. The van der Waals surface area contributed by atoms with Crippen LogP contribution in [-0.4, -0.2) is 28.8 Å². The first-order chi connectivity index (χ1) is 8.95. The predicted molar refractivity (Wildman–Crippen MR) is 74.8 cm³/mol. The molecule has 2 N–H and O–H groups in total. The molecule has 0 aliphatic rings. The van der Waals surface area contributed by atoms with Crippen LogP contribution in [0.2, 0.25) is 0 Å². The van der Waals surface area contributed by atoms with E-state index in [9.17, 15) is 9.59 Å². The van der Waals surface area contributed by atoms with Gasteiger partial charge in [-0.3, -0.25) is 4.79 Å². The summed E-state index contributed by atoms with van der Waals surface area (Å²) in [5.41, 5.74) is 0.458. The summed E-state index contributed by atoms with van der Waals surface area (Å²) in [4.78, 5) is 22.6. The van der Waals surface area contributed by atoms with E-state index in [1.54, 1.807) is 18.2 Å². The molecule has 0 spiro atoms. The molecule has 0 fully saturated rings. The van der Waals surface area contributed by atoms with Gasteiger partial charge in [0, 0.05) is 22.0 Å². The smallest absolute Gasteiger partial charge is 0.327 e. The minimum absolute atomic E-state index is 0.153. The molecule has 1 rings (SSSR count). The SMILES string of the molecule is CC(=O)N[C@@H](CSc1cccc(Br)c1C#N)C(=O)O. The van der Waals surface area contributed by atoms with Crippen molar-refractivity contribution >= 4 is 39.6 Å². The van der Waals surface area contributed by atoms with E-state index in [1.807, 2.05) is 0 Å². The number of nitrogens with one attached hydrogen (secondary N) is 1. The zero-order chi connectivity index (χ0) is 14.4. The summed E-state index contributed by atoms with van der Waals surface area (Å²) in [6, 6.07) is 6.32. The van der Waals surface area contributed by atoms with Gasteiger partial charge in [-0.15, -0.1) is 11.8 Å². The Morgan fingerprint density at radius 2 is 2.26 bits per heavy atom. The number of carboxylic acid groups (broad SMARTS) is 1. The van der Waals surface area contributed by atoms with E-state index in [4.69, 9.17) is 10.4 Å². The first kappa shape index (κ1) is 15.5. The number of benzene rings is 1. The molecule has 1 aromatic carbocycles. The van der Waals surface area contributed by atoms with E-state index in [2.05, 4.69) is 27.3 Å². The molecule has 1 amide bonds. The molecule has 0 saturated carbocycles. The maximum atomic E-state index is 11.0. The van der Waals surface area contributed by atoms with Crippen LogP contribution >= 0.6 is 27.7 Å². The Morgan fingerprint density at radius 1 is 1.58 bits per heavy atom. The molecular weight excluding hydrogens is 332 g/mol. The Morgan fingerprint density at radius 3 is 2.79 bits per heavy atom. The van der Waals surface area contributed by atoms with Crippen LogP contribution in [0.3, 0.4) is 0 Å². The van der Waals surface area contributed by atoms with Gasteiger partial charge in [-0.05, 0) is 28.1 Å². The molecule has 5 nitrogen and oxygen atoms in total. The van der Waals surface area contributed by atoms with E-state index in [0.717, 1.165) is 0 Å². The summed E-state index contributed by atoms with van der Waals surface area (Å²) < 4.78 is 0.659. The number of aliphatic carboxylic acids is 1. The van der Waals surface area contributed by atoms with Crippen molar-refractivity contribution in [1.29, 1.82) is 5.26 Å². The topological polar surface area (TPSA) is 90.2 Å². The zero-order valence-corrected chi connectivity index (χ0v) is 12.4. The molecule has 0 aliphatic carbocycles. The van der Waals surface area contributed by atoms with Crippen LogP contribution in [0.25, 0.3) is 0 Å². The Kier molecular flexibility index (Phi) is 5.86. The number of amides is 1. The summed E-state index contributed by atoms with van der Waals surface area (Å²) in [5.74, 6) is -1.35. The van der Waals surface area contributed by atoms with Gasteiger partial charge in [0.05, 0.1) is 5.56 Å². The molecule has 1 atom stereocenters. The largest absolute Gasteiger partial charge is 0.480 e. The quantitative estimate of drug-likeness (QED) is 0.798. The van der Waals surface area contributed by atoms with Gasteiger partial charge in [0.1, 0.15) is 12.1 Å². The minimum Gasteiger partial charge on any atom is -0.480 e. The maximum absolute atomic E-state index is 11.0. The van der Waals surface area contributed by atoms with Gasteiger partial charge in [-0.2, -0.15) is 5.26 Å². The summed E-state index contributed by atoms with van der Waals surface area (Å²) in [5, 5.41) is 20.4. The molecule has 19 heavy (non-hydrogen) atoms. The van der Waals surface area contributed by atoms with Crippen LogP contribution in [0.1, 0.15) is 12.5 Å². The van der Waals surface area contributed by atoms with Gasteiger partial charge in [0.15, 0.2) is 0 Å². The molecule has 0 aromatic heterocycles. The second kappa shape index (κ2) is 7.16. The molecular formula is C12H11BrN2O3S. The molecule has 7 heteroatoms. The van der Waals surface area contributed by atoms with Crippen molar-refractivity contribution in [2.75, 3.05) is 5.75 Å². The van der Waals surface area contributed by atoms with Crippen molar-refractivity contribution in [3.8, 4) is 6.07 Å². The Labute approximate surface area is 123 Å². The molecule has 1 aromatic rings. The van der Waals surface area contributed by atoms with Crippen molar-refractivity contribution in [3.05, 3.63) is 28.2 Å². The van der Waals surface area contributed by atoms with Crippen LogP contribution in [0.4, 0.5) is 0 Å².